The number of nitrogens with one attached hydrogen (secondary N) is 2. The van der Waals surface area contributed by atoms with Crippen molar-refractivity contribution in [2.75, 3.05) is 31.7 Å². The lowest BCUT2D eigenvalue weighted by Gasteiger charge is -2.63. The summed E-state index contributed by atoms with van der Waals surface area (Å²) < 4.78 is 21.2. The quantitative estimate of drug-likeness (QED) is 0.258. The minimum atomic E-state index is -0.684. The number of aliphatic hydroxyl groups excluding tert-OH is 1. The lowest BCUT2D eigenvalue weighted by atomic mass is 9.44. The summed E-state index contributed by atoms with van der Waals surface area (Å²) in [6.07, 6.45) is 3.85. The summed E-state index contributed by atoms with van der Waals surface area (Å²) in [4.78, 5) is 22.8. The van der Waals surface area contributed by atoms with Crippen LogP contribution >= 0.6 is 0 Å². The van der Waals surface area contributed by atoms with Crippen LogP contribution in [-0.2, 0) is 6.42 Å². The summed E-state index contributed by atoms with van der Waals surface area (Å²) in [6, 6.07) is 10.3. The Labute approximate surface area is 264 Å². The highest BCUT2D eigenvalue weighted by atomic mass is 19.1. The number of halogens is 1. The number of methoxy groups -OCH3 is 1. The van der Waals surface area contributed by atoms with Crippen LogP contribution in [0.25, 0.3) is 10.9 Å². The lowest BCUT2D eigenvalue weighted by molar-refractivity contribution is -0.108. The molecule has 3 aliphatic carbocycles. The number of aliphatic hydroxyl groups is 1. The molecule has 2 aromatic carbocycles. The summed E-state index contributed by atoms with van der Waals surface area (Å²) in [6.45, 7) is 12.6. The van der Waals surface area contributed by atoms with Crippen molar-refractivity contribution in [1.29, 1.82) is 5.41 Å². The third-order valence-electron chi connectivity index (χ3n) is 11.1. The minimum absolute atomic E-state index is 0.127. The highest BCUT2D eigenvalue weighted by molar-refractivity contribution is 5.96. The van der Waals surface area contributed by atoms with Crippen molar-refractivity contribution >= 4 is 22.5 Å². The zero-order chi connectivity index (χ0) is 32.2. The molecule has 2 bridgehead atoms. The van der Waals surface area contributed by atoms with E-state index in [0.717, 1.165) is 25.2 Å². The highest BCUT2D eigenvalue weighted by Gasteiger charge is 2.57. The zero-order valence-electron chi connectivity index (χ0n) is 27.3. The predicted molar refractivity (Wildman–Crippen MR) is 176 cm³/mol. The minimum Gasteiger partial charge on any atom is -0.497 e. The molecule has 0 amide bonds. The van der Waals surface area contributed by atoms with Gasteiger partial charge >= 0.3 is 0 Å². The molecule has 10 heteroatoms. The SMILES string of the molecule is COc1ccc(C[C@@H](CO)n2cnc3cc(N(C(=N)N4C[C@@H](C)N[C@@H](C)C4)[C@H]4C[C@H]5C[C@@H]([C@@H]4C)C5(C)C)ccc3c2=O)c(F)c1. The Hall–Kier alpha value is -3.50. The van der Waals surface area contributed by atoms with Crippen LogP contribution < -0.4 is 20.5 Å². The van der Waals surface area contributed by atoms with Crippen LogP contribution in [0, 0.1) is 34.4 Å². The Morgan fingerprint density at radius 2 is 1.91 bits per heavy atom. The first-order valence-corrected chi connectivity index (χ1v) is 16.3. The summed E-state index contributed by atoms with van der Waals surface area (Å²) in [7, 11) is 1.48. The molecule has 4 aliphatic rings. The highest BCUT2D eigenvalue weighted by Crippen LogP contribution is 2.62. The second-order valence-corrected chi connectivity index (χ2v) is 14.2. The zero-order valence-corrected chi connectivity index (χ0v) is 27.3. The molecule has 242 valence electrons. The molecule has 9 nitrogen and oxygen atoms in total. The average molecular weight is 619 g/mol. The van der Waals surface area contributed by atoms with Crippen LogP contribution in [0.4, 0.5) is 10.1 Å². The van der Waals surface area contributed by atoms with Crippen molar-refractivity contribution in [3.63, 3.8) is 0 Å². The smallest absolute Gasteiger partial charge is 0.261 e. The molecule has 7 atom stereocenters. The number of hydrogen-bond acceptors (Lipinski definition) is 6. The van der Waals surface area contributed by atoms with Gasteiger partial charge in [-0.05, 0) is 86.1 Å². The van der Waals surface area contributed by atoms with E-state index in [9.17, 15) is 19.7 Å². The molecule has 3 N–H and O–H groups in total. The summed E-state index contributed by atoms with van der Waals surface area (Å²) >= 11 is 0. The molecule has 2 heterocycles. The lowest BCUT2D eigenvalue weighted by Crippen LogP contribution is -2.65. The molecule has 0 unspecified atom stereocenters. The molecule has 0 spiro atoms. The summed E-state index contributed by atoms with van der Waals surface area (Å²) in [5.41, 5.74) is 1.81. The Balaban J connectivity index is 1.34. The van der Waals surface area contributed by atoms with Crippen LogP contribution in [-0.4, -0.2) is 70.4 Å². The normalized spacial score (nSPS) is 28.0. The van der Waals surface area contributed by atoms with Gasteiger partial charge in [0.05, 0.1) is 37.0 Å². The van der Waals surface area contributed by atoms with E-state index in [1.807, 2.05) is 12.1 Å². The van der Waals surface area contributed by atoms with E-state index >= 15 is 0 Å². The van der Waals surface area contributed by atoms with Gasteiger partial charge in [0, 0.05) is 43.0 Å². The fraction of sp³-hybridized carbons (Fsp3) is 0.571. The van der Waals surface area contributed by atoms with Gasteiger partial charge in [-0.1, -0.05) is 26.8 Å². The molecule has 3 aromatic rings. The van der Waals surface area contributed by atoms with E-state index in [1.54, 1.807) is 18.2 Å². The largest absolute Gasteiger partial charge is 0.497 e. The first-order chi connectivity index (χ1) is 21.4. The van der Waals surface area contributed by atoms with Gasteiger partial charge in [-0.25, -0.2) is 9.37 Å². The molecule has 45 heavy (non-hydrogen) atoms. The number of piperazine rings is 1. The summed E-state index contributed by atoms with van der Waals surface area (Å²) in [5.74, 6) is 2.09. The number of nitrogens with zero attached hydrogens (tertiary/aromatic N) is 4. The maximum Gasteiger partial charge on any atom is 0.261 e. The van der Waals surface area contributed by atoms with Gasteiger partial charge in [-0.15, -0.1) is 0 Å². The van der Waals surface area contributed by atoms with Crippen molar-refractivity contribution < 1.29 is 14.2 Å². The number of benzene rings is 2. The fourth-order valence-electron chi connectivity index (χ4n) is 8.45. The van der Waals surface area contributed by atoms with Gasteiger partial charge < -0.3 is 25.0 Å². The Morgan fingerprint density at radius 1 is 1.18 bits per heavy atom. The van der Waals surface area contributed by atoms with E-state index in [4.69, 9.17) is 4.74 Å². The second kappa shape index (κ2) is 12.0. The van der Waals surface area contributed by atoms with Crippen LogP contribution in [0.3, 0.4) is 0 Å². The number of fused-ring (bicyclic) bond motifs is 3. The first kappa shape index (κ1) is 31.5. The van der Waals surface area contributed by atoms with Crippen molar-refractivity contribution in [3.05, 3.63) is 64.5 Å². The Morgan fingerprint density at radius 3 is 2.53 bits per heavy atom. The van der Waals surface area contributed by atoms with Gasteiger partial charge in [-0.3, -0.25) is 14.8 Å². The molecule has 7 rings (SSSR count). The molecule has 3 saturated carbocycles. The monoisotopic (exact) mass is 618 g/mol. The molecular formula is C35H47FN6O3. The van der Waals surface area contributed by atoms with E-state index in [2.05, 4.69) is 54.7 Å². The molecule has 1 saturated heterocycles. The number of rotatable bonds is 7. The fourth-order valence-corrected chi connectivity index (χ4v) is 8.45. The molecule has 1 aliphatic heterocycles. The number of hydrogen-bond donors (Lipinski definition) is 3. The standard InChI is InChI=1S/C35H47FN6O3/c1-20-16-40(17-21(2)39-20)34(37)42(32-13-24-12-29(22(32)3)35(24,4)5)25-8-10-28-31(14-25)38-19-41(33(28)44)26(18-43)11-23-7-9-27(45-6)15-30(23)36/h7-10,14-15,19-22,24,26,29,32,37,39,43H,11-13,16-18H2,1-6H3/t20-,21+,22-,24+,26-,29-,32-/m0/s1. The van der Waals surface area contributed by atoms with Crippen molar-refractivity contribution in [2.24, 2.45) is 23.2 Å². The second-order valence-electron chi connectivity index (χ2n) is 14.2. The maximum absolute atomic E-state index is 14.7. The van der Waals surface area contributed by atoms with E-state index in [1.165, 1.54) is 30.5 Å². The third kappa shape index (κ3) is 5.60. The van der Waals surface area contributed by atoms with Crippen molar-refractivity contribution in [2.45, 2.75) is 78.0 Å². The van der Waals surface area contributed by atoms with Gasteiger partial charge in [0.25, 0.3) is 5.56 Å². The number of ether oxygens (including phenoxy) is 1. The van der Waals surface area contributed by atoms with Gasteiger partial charge in [-0.2, -0.15) is 0 Å². The predicted octanol–water partition coefficient (Wildman–Crippen LogP) is 4.81. The van der Waals surface area contributed by atoms with Gasteiger partial charge in [0.15, 0.2) is 5.96 Å². The number of anilines is 1. The molecule has 4 fully saturated rings. The first-order valence-electron chi connectivity index (χ1n) is 16.3. The maximum atomic E-state index is 14.7. The Kier molecular flexibility index (Phi) is 8.41. The number of aromatic nitrogens is 2. The summed E-state index contributed by atoms with van der Waals surface area (Å²) in [5, 5.41) is 23.8. The molecular weight excluding hydrogens is 571 g/mol. The van der Waals surface area contributed by atoms with E-state index in [-0.39, 0.29) is 36.7 Å². The Bertz CT molecular complexity index is 1630. The van der Waals surface area contributed by atoms with Crippen LogP contribution in [0.5, 0.6) is 5.75 Å². The topological polar surface area (TPSA) is 107 Å². The average Bonchev–Trinajstić information content (AvgIpc) is 3.01. The van der Waals surface area contributed by atoms with Gasteiger partial charge in [0.2, 0.25) is 0 Å². The van der Waals surface area contributed by atoms with Crippen molar-refractivity contribution in [1.82, 2.24) is 19.8 Å². The molecule has 0 radical (unpaired) electrons. The van der Waals surface area contributed by atoms with Crippen LogP contribution in [0.2, 0.25) is 0 Å². The van der Waals surface area contributed by atoms with E-state index in [0.29, 0.717) is 51.3 Å². The van der Waals surface area contributed by atoms with Crippen LogP contribution in [0.1, 0.15) is 59.1 Å². The van der Waals surface area contributed by atoms with Crippen LogP contribution in [0.15, 0.2) is 47.5 Å². The van der Waals surface area contributed by atoms with E-state index < -0.39 is 11.9 Å². The number of guanidine groups is 1. The molecule has 1 aromatic heterocycles. The van der Waals surface area contributed by atoms with Crippen molar-refractivity contribution in [3.8, 4) is 5.75 Å². The third-order valence-corrected chi connectivity index (χ3v) is 11.1. The van der Waals surface area contributed by atoms with Gasteiger partial charge in [0.1, 0.15) is 11.6 Å².